The molecule has 6 heteroatoms. The molecule has 0 radical (unpaired) electrons. The molecule has 0 unspecified atom stereocenters. The number of nitrogens with zero attached hydrogens (tertiary/aromatic N) is 2. The molecular formula is C12H15N3O2S. The molecule has 0 saturated carbocycles. The lowest BCUT2D eigenvalue weighted by Gasteiger charge is -2.09. The number of thiophene rings is 1. The monoisotopic (exact) mass is 265 g/mol. The van der Waals surface area contributed by atoms with Gasteiger partial charge in [-0.25, -0.2) is 4.79 Å². The Labute approximate surface area is 108 Å². The lowest BCUT2D eigenvalue weighted by atomic mass is 10.3. The molecule has 0 saturated heterocycles. The van der Waals surface area contributed by atoms with Gasteiger partial charge >= 0.3 is 5.69 Å². The van der Waals surface area contributed by atoms with Gasteiger partial charge in [0.1, 0.15) is 0 Å². The van der Waals surface area contributed by atoms with Crippen molar-refractivity contribution in [1.82, 2.24) is 14.5 Å². The maximum absolute atomic E-state index is 11.7. The summed E-state index contributed by atoms with van der Waals surface area (Å²) >= 11 is 1.65. The molecular weight excluding hydrogens is 250 g/mol. The first-order chi connectivity index (χ1) is 8.59. The summed E-state index contributed by atoms with van der Waals surface area (Å²) in [5.41, 5.74) is 1.33. The molecule has 0 aliphatic rings. The molecule has 0 spiro atoms. The summed E-state index contributed by atoms with van der Waals surface area (Å²) < 4.78 is 2.59. The van der Waals surface area contributed by atoms with Crippen molar-refractivity contribution >= 4 is 11.3 Å². The third-order valence-electron chi connectivity index (χ3n) is 2.84. The molecule has 2 rings (SSSR count). The highest BCUT2D eigenvalue weighted by atomic mass is 32.1. The summed E-state index contributed by atoms with van der Waals surface area (Å²) in [6.45, 7) is 1.23. The molecule has 2 aromatic heterocycles. The highest BCUT2D eigenvalue weighted by molar-refractivity contribution is 7.07. The Morgan fingerprint density at radius 1 is 1.22 bits per heavy atom. The van der Waals surface area contributed by atoms with Crippen molar-refractivity contribution in [2.45, 2.75) is 13.1 Å². The normalized spacial score (nSPS) is 10.8. The second kappa shape index (κ2) is 5.32. The van der Waals surface area contributed by atoms with Crippen LogP contribution in [0.3, 0.4) is 0 Å². The van der Waals surface area contributed by atoms with Crippen LogP contribution in [-0.4, -0.2) is 9.13 Å². The minimum Gasteiger partial charge on any atom is -0.307 e. The number of rotatable bonds is 4. The molecule has 0 aliphatic carbocycles. The largest absolute Gasteiger partial charge is 0.330 e. The molecule has 96 valence electrons. The first-order valence-electron chi connectivity index (χ1n) is 5.57. The number of aromatic nitrogens is 2. The zero-order chi connectivity index (χ0) is 13.1. The molecule has 0 atom stereocenters. The second-order valence-corrected chi connectivity index (χ2v) is 4.89. The van der Waals surface area contributed by atoms with Crippen LogP contribution >= 0.6 is 11.3 Å². The van der Waals surface area contributed by atoms with Gasteiger partial charge < -0.3 is 5.32 Å². The maximum atomic E-state index is 11.7. The SMILES string of the molecule is Cn1c(CNCc2ccsc2)cc(=O)n(C)c1=O. The first-order valence-corrected chi connectivity index (χ1v) is 6.51. The van der Waals surface area contributed by atoms with Crippen molar-refractivity contribution in [3.05, 3.63) is 55.0 Å². The minimum atomic E-state index is -0.296. The Morgan fingerprint density at radius 2 is 2.00 bits per heavy atom. The van der Waals surface area contributed by atoms with Crippen LogP contribution in [0.1, 0.15) is 11.3 Å². The van der Waals surface area contributed by atoms with Crippen molar-refractivity contribution < 1.29 is 0 Å². The smallest absolute Gasteiger partial charge is 0.307 e. The quantitative estimate of drug-likeness (QED) is 0.872. The van der Waals surface area contributed by atoms with Crippen LogP contribution in [0.2, 0.25) is 0 Å². The van der Waals surface area contributed by atoms with Crippen molar-refractivity contribution in [1.29, 1.82) is 0 Å². The summed E-state index contributed by atoms with van der Waals surface area (Å²) in [7, 11) is 3.15. The van der Waals surface area contributed by atoms with Crippen LogP contribution in [0.25, 0.3) is 0 Å². The van der Waals surface area contributed by atoms with E-state index in [1.54, 1.807) is 18.4 Å². The van der Waals surface area contributed by atoms with E-state index in [1.807, 2.05) is 11.4 Å². The van der Waals surface area contributed by atoms with E-state index >= 15 is 0 Å². The average molecular weight is 265 g/mol. The Kier molecular flexibility index (Phi) is 3.78. The Morgan fingerprint density at radius 3 is 2.67 bits per heavy atom. The van der Waals surface area contributed by atoms with Gasteiger partial charge in [-0.3, -0.25) is 13.9 Å². The van der Waals surface area contributed by atoms with Crippen molar-refractivity contribution in [3.8, 4) is 0 Å². The lowest BCUT2D eigenvalue weighted by Crippen LogP contribution is -2.38. The van der Waals surface area contributed by atoms with E-state index in [0.29, 0.717) is 12.2 Å². The second-order valence-electron chi connectivity index (χ2n) is 4.11. The molecule has 0 bridgehead atoms. The van der Waals surface area contributed by atoms with Crippen LogP contribution in [-0.2, 0) is 27.2 Å². The molecule has 0 fully saturated rings. The van der Waals surface area contributed by atoms with Gasteiger partial charge in [0.05, 0.1) is 0 Å². The van der Waals surface area contributed by atoms with E-state index in [9.17, 15) is 9.59 Å². The summed E-state index contributed by atoms with van der Waals surface area (Å²) in [5.74, 6) is 0. The standard InChI is InChI=1S/C12H15N3O2S/c1-14-10(5-11(16)15(2)12(14)17)7-13-6-9-3-4-18-8-9/h3-5,8,13H,6-7H2,1-2H3. The van der Waals surface area contributed by atoms with Gasteiger partial charge in [-0.15, -0.1) is 0 Å². The zero-order valence-corrected chi connectivity index (χ0v) is 11.2. The van der Waals surface area contributed by atoms with Crippen LogP contribution in [0, 0.1) is 0 Å². The lowest BCUT2D eigenvalue weighted by molar-refractivity contribution is 0.601. The number of hydrogen-bond donors (Lipinski definition) is 1. The summed E-state index contributed by atoms with van der Waals surface area (Å²) in [6.07, 6.45) is 0. The molecule has 0 aliphatic heterocycles. The van der Waals surface area contributed by atoms with Crippen molar-refractivity contribution in [2.24, 2.45) is 14.1 Å². The zero-order valence-electron chi connectivity index (χ0n) is 10.3. The third-order valence-corrected chi connectivity index (χ3v) is 3.57. The molecule has 5 nitrogen and oxygen atoms in total. The fraction of sp³-hybridized carbons (Fsp3) is 0.333. The fourth-order valence-corrected chi connectivity index (χ4v) is 2.34. The number of hydrogen-bond acceptors (Lipinski definition) is 4. The molecule has 2 aromatic rings. The summed E-state index contributed by atoms with van der Waals surface area (Å²) in [4.78, 5) is 23.2. The average Bonchev–Trinajstić information content (AvgIpc) is 2.86. The van der Waals surface area contributed by atoms with E-state index in [0.717, 1.165) is 11.1 Å². The molecule has 1 N–H and O–H groups in total. The van der Waals surface area contributed by atoms with Crippen LogP contribution < -0.4 is 16.6 Å². The van der Waals surface area contributed by atoms with Gasteiger partial charge in [0.2, 0.25) is 0 Å². The van der Waals surface area contributed by atoms with Crippen LogP contribution in [0.5, 0.6) is 0 Å². The van der Waals surface area contributed by atoms with Gasteiger partial charge in [-0.2, -0.15) is 11.3 Å². The molecule has 0 aromatic carbocycles. The van der Waals surface area contributed by atoms with Crippen LogP contribution in [0.4, 0.5) is 0 Å². The van der Waals surface area contributed by atoms with Gasteiger partial charge in [0, 0.05) is 38.9 Å². The Bertz CT molecular complexity index is 640. The van der Waals surface area contributed by atoms with Crippen LogP contribution in [0.15, 0.2) is 32.5 Å². The summed E-state index contributed by atoms with van der Waals surface area (Å²) in [6, 6.07) is 3.53. The summed E-state index contributed by atoms with van der Waals surface area (Å²) in [5, 5.41) is 7.30. The van der Waals surface area contributed by atoms with E-state index in [1.165, 1.54) is 23.2 Å². The van der Waals surface area contributed by atoms with Gasteiger partial charge in [-0.05, 0) is 22.4 Å². The minimum absolute atomic E-state index is 0.273. The molecule has 18 heavy (non-hydrogen) atoms. The highest BCUT2D eigenvalue weighted by Gasteiger charge is 2.05. The van der Waals surface area contributed by atoms with Gasteiger partial charge in [-0.1, -0.05) is 0 Å². The maximum Gasteiger partial charge on any atom is 0.330 e. The predicted octanol–water partition coefficient (Wildman–Crippen LogP) is 0.435. The third kappa shape index (κ3) is 2.60. The predicted molar refractivity (Wildman–Crippen MR) is 71.8 cm³/mol. The highest BCUT2D eigenvalue weighted by Crippen LogP contribution is 2.05. The molecule has 0 amide bonds. The van der Waals surface area contributed by atoms with E-state index < -0.39 is 0 Å². The van der Waals surface area contributed by atoms with Crippen molar-refractivity contribution in [2.75, 3.05) is 0 Å². The van der Waals surface area contributed by atoms with E-state index in [4.69, 9.17) is 0 Å². The Balaban J connectivity index is 2.10. The topological polar surface area (TPSA) is 56.0 Å². The molecule has 2 heterocycles. The van der Waals surface area contributed by atoms with Gasteiger partial charge in [0.15, 0.2) is 0 Å². The van der Waals surface area contributed by atoms with Gasteiger partial charge in [0.25, 0.3) is 5.56 Å². The van der Waals surface area contributed by atoms with Crippen molar-refractivity contribution in [3.63, 3.8) is 0 Å². The Hall–Kier alpha value is -1.66. The first kappa shape index (κ1) is 12.8. The van der Waals surface area contributed by atoms with E-state index in [2.05, 4.69) is 10.7 Å². The number of nitrogens with one attached hydrogen (secondary N) is 1. The van der Waals surface area contributed by atoms with E-state index in [-0.39, 0.29) is 11.2 Å². The fourth-order valence-electron chi connectivity index (χ4n) is 1.68.